The number of hydrogen-bond acceptors (Lipinski definition) is 6. The van der Waals surface area contributed by atoms with Crippen LogP contribution < -0.4 is 21.1 Å². The maximum absolute atomic E-state index is 13.4. The fourth-order valence-electron chi connectivity index (χ4n) is 3.80. The summed E-state index contributed by atoms with van der Waals surface area (Å²) < 4.78 is 21.0. The van der Waals surface area contributed by atoms with Gasteiger partial charge in [-0.25, -0.2) is 13.9 Å². The fraction of sp³-hybridized carbons (Fsp3) is 0.364. The molecule has 2 fully saturated rings. The third kappa shape index (κ3) is 4.26. The average molecular weight is 438 g/mol. The third-order valence-electron chi connectivity index (χ3n) is 5.70. The number of rotatable bonds is 7. The van der Waals surface area contributed by atoms with Crippen molar-refractivity contribution in [3.05, 3.63) is 42.4 Å². The number of aromatic nitrogens is 3. The van der Waals surface area contributed by atoms with Crippen molar-refractivity contribution >= 4 is 23.1 Å². The molecular formula is C22H23FN6O3. The van der Waals surface area contributed by atoms with Gasteiger partial charge in [-0.15, -0.1) is 0 Å². The van der Waals surface area contributed by atoms with Gasteiger partial charge in [-0.1, -0.05) is 0 Å². The van der Waals surface area contributed by atoms with Gasteiger partial charge in [0.25, 0.3) is 5.91 Å². The molecule has 2 amide bonds. The molecule has 5 rings (SSSR count). The molecule has 4 N–H and O–H groups in total. The van der Waals surface area contributed by atoms with Crippen molar-refractivity contribution in [2.75, 3.05) is 18.5 Å². The Hall–Kier alpha value is -3.53. The van der Waals surface area contributed by atoms with Crippen LogP contribution in [-0.4, -0.2) is 51.8 Å². The number of pyridine rings is 2. The lowest BCUT2D eigenvalue weighted by Crippen LogP contribution is -2.28. The van der Waals surface area contributed by atoms with Crippen LogP contribution in [0.5, 0.6) is 5.75 Å². The summed E-state index contributed by atoms with van der Waals surface area (Å²) in [7, 11) is 0. The zero-order valence-corrected chi connectivity index (χ0v) is 17.3. The number of alkyl halides is 1. The van der Waals surface area contributed by atoms with Gasteiger partial charge in [0.1, 0.15) is 24.2 Å². The van der Waals surface area contributed by atoms with E-state index in [2.05, 4.69) is 20.7 Å². The van der Waals surface area contributed by atoms with Gasteiger partial charge in [0.05, 0.1) is 11.7 Å². The van der Waals surface area contributed by atoms with Gasteiger partial charge < -0.3 is 21.1 Å². The predicted molar refractivity (Wildman–Crippen MR) is 115 cm³/mol. The van der Waals surface area contributed by atoms with Crippen LogP contribution in [0.15, 0.2) is 36.7 Å². The molecule has 1 saturated carbocycles. The molecule has 2 unspecified atom stereocenters. The average Bonchev–Trinajstić information content (AvgIpc) is 3.43. The molecule has 4 heterocycles. The van der Waals surface area contributed by atoms with E-state index in [-0.39, 0.29) is 30.2 Å². The first-order valence-corrected chi connectivity index (χ1v) is 10.6. The summed E-state index contributed by atoms with van der Waals surface area (Å²) in [4.78, 5) is 27.8. The summed E-state index contributed by atoms with van der Waals surface area (Å²) in [5.74, 6) is 0.370. The highest BCUT2D eigenvalue weighted by Gasteiger charge is 2.30. The maximum atomic E-state index is 13.4. The van der Waals surface area contributed by atoms with Crippen molar-refractivity contribution in [1.82, 2.24) is 19.9 Å². The van der Waals surface area contributed by atoms with Crippen molar-refractivity contribution in [1.29, 1.82) is 0 Å². The van der Waals surface area contributed by atoms with E-state index >= 15 is 0 Å². The summed E-state index contributed by atoms with van der Waals surface area (Å²) >= 11 is 0. The van der Waals surface area contributed by atoms with E-state index in [1.807, 2.05) is 12.1 Å². The Labute approximate surface area is 183 Å². The van der Waals surface area contributed by atoms with Gasteiger partial charge in [-0.05, 0) is 43.0 Å². The van der Waals surface area contributed by atoms with Gasteiger partial charge >= 0.3 is 0 Å². The van der Waals surface area contributed by atoms with Crippen molar-refractivity contribution < 1.29 is 18.7 Å². The Morgan fingerprint density at radius 1 is 1.31 bits per heavy atom. The minimum Gasteiger partial charge on any atom is -0.490 e. The van der Waals surface area contributed by atoms with E-state index in [0.29, 0.717) is 30.1 Å². The number of primary amides is 1. The topological polar surface area (TPSA) is 124 Å². The second-order valence-electron chi connectivity index (χ2n) is 8.26. The molecule has 2 atom stereocenters. The van der Waals surface area contributed by atoms with Crippen LogP contribution >= 0.6 is 0 Å². The first kappa shape index (κ1) is 20.4. The first-order valence-electron chi connectivity index (χ1n) is 10.6. The van der Waals surface area contributed by atoms with Crippen molar-refractivity contribution in [2.24, 2.45) is 11.7 Å². The van der Waals surface area contributed by atoms with Crippen LogP contribution in [-0.2, 0) is 4.79 Å². The lowest BCUT2D eigenvalue weighted by atomic mass is 10.1. The minimum absolute atomic E-state index is 0.0133. The molecule has 1 saturated heterocycles. The molecule has 1 aliphatic heterocycles. The lowest BCUT2D eigenvalue weighted by Gasteiger charge is -2.15. The van der Waals surface area contributed by atoms with E-state index in [9.17, 15) is 14.0 Å². The zero-order chi connectivity index (χ0) is 22.2. The summed E-state index contributed by atoms with van der Waals surface area (Å²) in [6.07, 6.45) is 4.56. The number of nitrogens with zero attached hydrogens (tertiary/aromatic N) is 3. The number of nitrogens with one attached hydrogen (secondary N) is 2. The Bertz CT molecular complexity index is 1190. The fourth-order valence-corrected chi connectivity index (χ4v) is 3.80. The Morgan fingerprint density at radius 3 is 2.88 bits per heavy atom. The monoisotopic (exact) mass is 438 g/mol. The van der Waals surface area contributed by atoms with E-state index in [1.54, 1.807) is 22.8 Å². The molecule has 3 aromatic heterocycles. The normalized spacial score (nSPS) is 20.4. The Morgan fingerprint density at radius 2 is 2.16 bits per heavy atom. The smallest absolute Gasteiger partial charge is 0.267 e. The molecular weight excluding hydrogens is 415 g/mol. The molecule has 1 aliphatic carbocycles. The second-order valence-corrected chi connectivity index (χ2v) is 8.26. The number of anilines is 1. The molecule has 10 heteroatoms. The number of carbonyl (C=O) groups is 2. The standard InChI is InChI=1S/C22H23FN6O3/c23-14-6-15(25-9-14)11-32-19-10-26-18(21(24)30)8-17(19)13-3-4-29-16(5-13)7-20(28-29)27-22(31)12-1-2-12/h3-5,7-8,10,12,14-15,25H,1-2,6,9,11H2,(H2,24,30)(H,27,28,31). The quantitative estimate of drug-likeness (QED) is 0.518. The van der Waals surface area contributed by atoms with Crippen molar-refractivity contribution in [2.45, 2.75) is 31.5 Å². The summed E-state index contributed by atoms with van der Waals surface area (Å²) in [6, 6.07) is 6.96. The van der Waals surface area contributed by atoms with Crippen molar-refractivity contribution in [3.8, 4) is 16.9 Å². The van der Waals surface area contributed by atoms with Gasteiger partial charge in [0, 0.05) is 36.3 Å². The van der Waals surface area contributed by atoms with Crippen LogP contribution in [0.1, 0.15) is 29.8 Å². The number of halogens is 1. The molecule has 0 aromatic carbocycles. The van der Waals surface area contributed by atoms with E-state index in [1.165, 1.54) is 6.20 Å². The van der Waals surface area contributed by atoms with Crippen molar-refractivity contribution in [3.63, 3.8) is 0 Å². The first-order chi connectivity index (χ1) is 15.5. The number of nitrogens with two attached hydrogens (primary N) is 1. The van der Waals surface area contributed by atoms with E-state index < -0.39 is 12.1 Å². The molecule has 9 nitrogen and oxygen atoms in total. The summed E-state index contributed by atoms with van der Waals surface area (Å²) in [6.45, 7) is 0.592. The summed E-state index contributed by atoms with van der Waals surface area (Å²) in [5.41, 5.74) is 7.69. The highest BCUT2D eigenvalue weighted by molar-refractivity contribution is 5.94. The Balaban J connectivity index is 1.43. The van der Waals surface area contributed by atoms with Crippen LogP contribution in [0.3, 0.4) is 0 Å². The number of fused-ring (bicyclic) bond motifs is 1. The predicted octanol–water partition coefficient (Wildman–Crippen LogP) is 1.92. The van der Waals surface area contributed by atoms with E-state index in [4.69, 9.17) is 10.5 Å². The molecule has 0 radical (unpaired) electrons. The number of ether oxygens (including phenoxy) is 1. The highest BCUT2D eigenvalue weighted by atomic mass is 19.1. The maximum Gasteiger partial charge on any atom is 0.267 e. The third-order valence-corrected chi connectivity index (χ3v) is 5.70. The van der Waals surface area contributed by atoms with Gasteiger partial charge in [-0.2, -0.15) is 5.10 Å². The highest BCUT2D eigenvalue weighted by Crippen LogP contribution is 2.33. The summed E-state index contributed by atoms with van der Waals surface area (Å²) in [5, 5.41) is 10.3. The van der Waals surface area contributed by atoms with Crippen LogP contribution in [0.4, 0.5) is 10.2 Å². The Kier molecular flexibility index (Phi) is 5.22. The lowest BCUT2D eigenvalue weighted by molar-refractivity contribution is -0.117. The number of amides is 2. The molecule has 32 heavy (non-hydrogen) atoms. The SMILES string of the molecule is NC(=O)c1cc(-c2ccn3nc(NC(=O)C4CC4)cc3c2)c(OCC2CC(F)CN2)cn1. The van der Waals surface area contributed by atoms with Gasteiger partial charge in [0.2, 0.25) is 5.91 Å². The van der Waals surface area contributed by atoms with Gasteiger partial charge in [-0.3, -0.25) is 9.59 Å². The number of carbonyl (C=O) groups excluding carboxylic acids is 2. The van der Waals surface area contributed by atoms with Crippen LogP contribution in [0, 0.1) is 5.92 Å². The molecule has 0 bridgehead atoms. The molecule has 0 spiro atoms. The zero-order valence-electron chi connectivity index (χ0n) is 17.3. The van der Waals surface area contributed by atoms with Crippen LogP contribution in [0.25, 0.3) is 16.6 Å². The second kappa shape index (κ2) is 8.19. The minimum atomic E-state index is -0.877. The van der Waals surface area contributed by atoms with Crippen LogP contribution in [0.2, 0.25) is 0 Å². The molecule has 166 valence electrons. The number of hydrogen-bond donors (Lipinski definition) is 3. The molecule has 3 aromatic rings. The van der Waals surface area contributed by atoms with E-state index in [0.717, 1.165) is 23.9 Å². The largest absolute Gasteiger partial charge is 0.490 e. The molecule has 2 aliphatic rings. The van der Waals surface area contributed by atoms with Gasteiger partial charge in [0.15, 0.2) is 5.82 Å².